The molecule has 27 heavy (non-hydrogen) atoms. The molecule has 0 rings (SSSR count). The largest absolute Gasteiger partial charge is 0.370 e. The number of hydrogen-bond acceptors (Lipinski definition) is 2. The second-order valence-corrected chi connectivity index (χ2v) is 7.83. The van der Waals surface area contributed by atoms with Gasteiger partial charge in [0, 0.05) is 12.3 Å². The number of carbonyl (C=O) groups is 2. The summed E-state index contributed by atoms with van der Waals surface area (Å²) in [5.74, 6) is -0.861. The summed E-state index contributed by atoms with van der Waals surface area (Å²) in [5.41, 5.74) is 10.5. The van der Waals surface area contributed by atoms with Gasteiger partial charge in [-0.25, -0.2) is 0 Å². The maximum Gasteiger partial charge on any atom is 0.220 e. The van der Waals surface area contributed by atoms with Crippen LogP contribution in [0.3, 0.4) is 0 Å². The van der Waals surface area contributed by atoms with Crippen LogP contribution in [0.4, 0.5) is 0 Å². The van der Waals surface area contributed by atoms with Crippen LogP contribution in [0.2, 0.25) is 0 Å². The van der Waals surface area contributed by atoms with Gasteiger partial charge in [-0.2, -0.15) is 0 Å². The molecule has 158 valence electrons. The zero-order chi connectivity index (χ0) is 20.2. The summed E-state index contributed by atoms with van der Waals surface area (Å²) in [7, 11) is 0. The Bertz CT molecular complexity index is 394. The Morgan fingerprint density at radius 1 is 0.704 bits per heavy atom. The maximum absolute atomic E-state index is 11.4. The lowest BCUT2D eigenvalue weighted by atomic mass is 9.95. The number of carbonyl (C=O) groups excluding carboxylic acids is 2. The molecule has 2 amide bonds. The monoisotopic (exact) mass is 380 g/mol. The fourth-order valence-corrected chi connectivity index (χ4v) is 3.38. The van der Waals surface area contributed by atoms with Crippen molar-refractivity contribution < 1.29 is 9.59 Å². The molecule has 0 saturated heterocycles. The van der Waals surface area contributed by atoms with Crippen LogP contribution in [0, 0.1) is 5.92 Å². The van der Waals surface area contributed by atoms with Gasteiger partial charge in [0.2, 0.25) is 11.8 Å². The van der Waals surface area contributed by atoms with Crippen molar-refractivity contribution in [3.63, 3.8) is 0 Å². The van der Waals surface area contributed by atoms with E-state index < -0.39 is 0 Å². The van der Waals surface area contributed by atoms with E-state index in [1.807, 2.05) is 0 Å². The second-order valence-electron chi connectivity index (χ2n) is 7.83. The molecule has 4 nitrogen and oxygen atoms in total. The van der Waals surface area contributed by atoms with Gasteiger partial charge in [-0.1, -0.05) is 83.3 Å². The Labute approximate surface area is 167 Å². The van der Waals surface area contributed by atoms with Crippen LogP contribution in [0.1, 0.15) is 116 Å². The van der Waals surface area contributed by atoms with Crippen molar-refractivity contribution in [2.24, 2.45) is 17.4 Å². The van der Waals surface area contributed by atoms with E-state index in [4.69, 9.17) is 11.5 Å². The molecule has 4 heteroatoms. The summed E-state index contributed by atoms with van der Waals surface area (Å²) in [6, 6.07) is 0. The number of hydrogen-bond donors (Lipinski definition) is 2. The Hall–Kier alpha value is -1.32. The van der Waals surface area contributed by atoms with Crippen molar-refractivity contribution in [2.45, 2.75) is 116 Å². The number of amides is 2. The number of allylic oxidation sites excluding steroid dienone is 2. The zero-order valence-electron chi connectivity index (χ0n) is 17.7. The number of nitrogens with two attached hydrogens (primary N) is 2. The van der Waals surface area contributed by atoms with E-state index in [0.717, 1.165) is 19.3 Å². The molecular weight excluding hydrogens is 336 g/mol. The molecule has 0 aliphatic rings. The minimum atomic E-state index is -0.359. The van der Waals surface area contributed by atoms with Crippen molar-refractivity contribution in [1.82, 2.24) is 0 Å². The van der Waals surface area contributed by atoms with Crippen LogP contribution < -0.4 is 11.5 Å². The van der Waals surface area contributed by atoms with Crippen LogP contribution >= 0.6 is 0 Å². The molecule has 0 saturated carbocycles. The Morgan fingerprint density at radius 3 is 1.67 bits per heavy atom. The summed E-state index contributed by atoms with van der Waals surface area (Å²) in [6.45, 7) is 2.26. The van der Waals surface area contributed by atoms with E-state index in [1.165, 1.54) is 77.0 Å². The van der Waals surface area contributed by atoms with E-state index >= 15 is 0 Å². The molecule has 1 unspecified atom stereocenters. The third-order valence-corrected chi connectivity index (χ3v) is 5.21. The molecule has 0 aromatic rings. The molecule has 4 N–H and O–H groups in total. The van der Waals surface area contributed by atoms with Gasteiger partial charge in [-0.15, -0.1) is 0 Å². The third kappa shape index (κ3) is 19.3. The zero-order valence-corrected chi connectivity index (χ0v) is 17.7. The lowest BCUT2D eigenvalue weighted by molar-refractivity contribution is -0.123. The molecule has 0 radical (unpaired) electrons. The Kier molecular flexibility index (Phi) is 18.5. The third-order valence-electron chi connectivity index (χ3n) is 5.21. The SMILES string of the molecule is CCCCCCCCC=CCCCCCCCCC(CCC(N)=O)C(N)=O. The first kappa shape index (κ1) is 25.7. The number of rotatable bonds is 20. The summed E-state index contributed by atoms with van der Waals surface area (Å²) in [4.78, 5) is 22.2. The van der Waals surface area contributed by atoms with Gasteiger partial charge in [-0.05, 0) is 38.5 Å². The summed E-state index contributed by atoms with van der Waals surface area (Å²) >= 11 is 0. The van der Waals surface area contributed by atoms with E-state index in [-0.39, 0.29) is 24.2 Å². The predicted molar refractivity (Wildman–Crippen MR) is 115 cm³/mol. The molecule has 0 heterocycles. The molecule has 0 bridgehead atoms. The Morgan fingerprint density at radius 2 is 1.19 bits per heavy atom. The van der Waals surface area contributed by atoms with E-state index in [2.05, 4.69) is 19.1 Å². The average molecular weight is 381 g/mol. The quantitative estimate of drug-likeness (QED) is 0.207. The fourth-order valence-electron chi connectivity index (χ4n) is 3.38. The standard InChI is InChI=1S/C23H44N2O2/c1-2-3-4-5-6-7-8-9-10-11-12-13-14-15-16-17-18-21(23(25)27)19-20-22(24)26/h9-10,21H,2-8,11-20H2,1H3,(H2,24,26)(H2,25,27). The van der Waals surface area contributed by atoms with Gasteiger partial charge in [0.05, 0.1) is 0 Å². The minimum Gasteiger partial charge on any atom is -0.370 e. The minimum absolute atomic E-state index is 0.200. The first-order valence-corrected chi connectivity index (χ1v) is 11.3. The highest BCUT2D eigenvalue weighted by Gasteiger charge is 2.15. The van der Waals surface area contributed by atoms with E-state index in [9.17, 15) is 9.59 Å². The van der Waals surface area contributed by atoms with Gasteiger partial charge in [0.1, 0.15) is 0 Å². The molecule has 0 aromatic carbocycles. The maximum atomic E-state index is 11.4. The van der Waals surface area contributed by atoms with E-state index in [1.54, 1.807) is 0 Å². The first-order valence-electron chi connectivity index (χ1n) is 11.3. The van der Waals surface area contributed by atoms with E-state index in [0.29, 0.717) is 6.42 Å². The predicted octanol–water partition coefficient (Wildman–Crippen LogP) is 5.78. The van der Waals surface area contributed by atoms with Crippen molar-refractivity contribution >= 4 is 11.8 Å². The molecule has 0 aromatic heterocycles. The van der Waals surface area contributed by atoms with Gasteiger partial charge in [0.25, 0.3) is 0 Å². The first-order chi connectivity index (χ1) is 13.1. The summed E-state index contributed by atoms with van der Waals surface area (Å²) < 4.78 is 0. The van der Waals surface area contributed by atoms with Crippen molar-refractivity contribution in [2.75, 3.05) is 0 Å². The summed E-state index contributed by atoms with van der Waals surface area (Å²) in [6.07, 6.45) is 24.1. The molecular formula is C23H44N2O2. The number of primary amides is 2. The normalized spacial score (nSPS) is 12.5. The highest BCUT2D eigenvalue weighted by Crippen LogP contribution is 2.17. The highest BCUT2D eigenvalue weighted by molar-refractivity contribution is 5.78. The number of unbranched alkanes of at least 4 members (excludes halogenated alkanes) is 12. The van der Waals surface area contributed by atoms with Crippen molar-refractivity contribution in [3.05, 3.63) is 12.2 Å². The average Bonchev–Trinajstić information content (AvgIpc) is 2.63. The van der Waals surface area contributed by atoms with Crippen LogP contribution in [0.5, 0.6) is 0 Å². The van der Waals surface area contributed by atoms with Gasteiger partial charge >= 0.3 is 0 Å². The fraction of sp³-hybridized carbons (Fsp3) is 0.826. The van der Waals surface area contributed by atoms with Gasteiger partial charge < -0.3 is 11.5 Å². The molecule has 0 aliphatic heterocycles. The van der Waals surface area contributed by atoms with Crippen LogP contribution in [0.25, 0.3) is 0 Å². The topological polar surface area (TPSA) is 86.2 Å². The van der Waals surface area contributed by atoms with Crippen LogP contribution in [-0.2, 0) is 9.59 Å². The molecule has 0 aliphatic carbocycles. The van der Waals surface area contributed by atoms with Gasteiger partial charge in [-0.3, -0.25) is 9.59 Å². The highest BCUT2D eigenvalue weighted by atomic mass is 16.1. The van der Waals surface area contributed by atoms with Crippen LogP contribution in [-0.4, -0.2) is 11.8 Å². The molecule has 1 atom stereocenters. The van der Waals surface area contributed by atoms with Crippen LogP contribution in [0.15, 0.2) is 12.2 Å². The smallest absolute Gasteiger partial charge is 0.220 e. The second kappa shape index (κ2) is 19.4. The van der Waals surface area contributed by atoms with Crippen molar-refractivity contribution in [3.8, 4) is 0 Å². The molecule has 0 spiro atoms. The Balaban J connectivity index is 3.39. The lowest BCUT2D eigenvalue weighted by Gasteiger charge is -2.11. The van der Waals surface area contributed by atoms with Gasteiger partial charge in [0.15, 0.2) is 0 Å². The molecule has 0 fully saturated rings. The lowest BCUT2D eigenvalue weighted by Crippen LogP contribution is -2.25. The summed E-state index contributed by atoms with van der Waals surface area (Å²) in [5, 5.41) is 0. The van der Waals surface area contributed by atoms with Crippen molar-refractivity contribution in [1.29, 1.82) is 0 Å².